The second-order valence-electron chi connectivity index (χ2n) is 6.27. The summed E-state index contributed by atoms with van der Waals surface area (Å²) in [6.45, 7) is 1.80. The van der Waals surface area contributed by atoms with Gasteiger partial charge in [0.15, 0.2) is 5.82 Å². The summed E-state index contributed by atoms with van der Waals surface area (Å²) in [7, 11) is 1.59. The van der Waals surface area contributed by atoms with Crippen LogP contribution in [0, 0.1) is 5.82 Å². The normalized spacial score (nSPS) is 16.8. The van der Waals surface area contributed by atoms with Crippen LogP contribution in [-0.4, -0.2) is 41.3 Å². The van der Waals surface area contributed by atoms with E-state index < -0.39 is 5.82 Å². The number of halogens is 1. The first-order valence-electron chi connectivity index (χ1n) is 8.46. The molecule has 2 heterocycles. The zero-order chi connectivity index (χ0) is 18.1. The largest absolute Gasteiger partial charge is 0.507 e. The molecule has 0 amide bonds. The van der Waals surface area contributed by atoms with Crippen molar-refractivity contribution in [3.63, 3.8) is 0 Å². The van der Waals surface area contributed by atoms with E-state index in [1.807, 2.05) is 12.1 Å². The van der Waals surface area contributed by atoms with Crippen molar-refractivity contribution < 1.29 is 14.2 Å². The SMILES string of the molecule is COc1ccc2c(N[C@H]3CCNC3)nc(-c3cc(F)ccc3O)nc2c1. The zero-order valence-corrected chi connectivity index (χ0v) is 14.3. The van der Waals surface area contributed by atoms with Crippen molar-refractivity contribution in [3.05, 3.63) is 42.2 Å². The molecule has 0 bridgehead atoms. The maximum atomic E-state index is 13.7. The molecule has 0 unspecified atom stereocenters. The maximum absolute atomic E-state index is 13.7. The van der Waals surface area contributed by atoms with Crippen LogP contribution in [0.25, 0.3) is 22.3 Å². The van der Waals surface area contributed by atoms with Crippen molar-refractivity contribution in [2.45, 2.75) is 12.5 Å². The third kappa shape index (κ3) is 3.13. The van der Waals surface area contributed by atoms with Crippen LogP contribution < -0.4 is 15.4 Å². The number of methoxy groups -OCH3 is 1. The molecule has 0 aliphatic carbocycles. The molecule has 134 valence electrons. The molecule has 0 radical (unpaired) electrons. The Morgan fingerprint density at radius 2 is 2.12 bits per heavy atom. The summed E-state index contributed by atoms with van der Waals surface area (Å²) in [6, 6.07) is 9.54. The molecule has 26 heavy (non-hydrogen) atoms. The van der Waals surface area contributed by atoms with Crippen LogP contribution in [0.4, 0.5) is 10.2 Å². The first-order valence-corrected chi connectivity index (χ1v) is 8.46. The van der Waals surface area contributed by atoms with Crippen molar-refractivity contribution in [2.24, 2.45) is 0 Å². The van der Waals surface area contributed by atoms with Gasteiger partial charge < -0.3 is 20.5 Å². The molecule has 0 spiro atoms. The number of nitrogens with one attached hydrogen (secondary N) is 2. The van der Waals surface area contributed by atoms with E-state index >= 15 is 0 Å². The van der Waals surface area contributed by atoms with Gasteiger partial charge in [0.05, 0.1) is 18.2 Å². The summed E-state index contributed by atoms with van der Waals surface area (Å²) >= 11 is 0. The van der Waals surface area contributed by atoms with Crippen molar-refractivity contribution in [1.29, 1.82) is 0 Å². The van der Waals surface area contributed by atoms with E-state index in [0.717, 1.165) is 24.9 Å². The standard InChI is InChI=1S/C19H19FN4O2/c1-26-13-3-4-14-16(9-13)23-19(15-8-11(20)2-5-17(15)25)24-18(14)22-12-6-7-21-10-12/h2-5,8-9,12,21,25H,6-7,10H2,1H3,(H,22,23,24)/t12-/m0/s1. The van der Waals surface area contributed by atoms with Crippen LogP contribution in [-0.2, 0) is 0 Å². The fourth-order valence-electron chi connectivity index (χ4n) is 3.13. The van der Waals surface area contributed by atoms with Crippen LogP contribution in [0.1, 0.15) is 6.42 Å². The number of aromatic nitrogens is 2. The molecule has 1 saturated heterocycles. The lowest BCUT2D eigenvalue weighted by Gasteiger charge is -2.16. The van der Waals surface area contributed by atoms with Gasteiger partial charge in [-0.25, -0.2) is 14.4 Å². The van der Waals surface area contributed by atoms with E-state index in [1.165, 1.54) is 18.2 Å². The molecule has 0 saturated carbocycles. The third-order valence-electron chi connectivity index (χ3n) is 4.50. The van der Waals surface area contributed by atoms with Gasteiger partial charge in [-0.2, -0.15) is 0 Å². The van der Waals surface area contributed by atoms with Crippen LogP contribution in [0.2, 0.25) is 0 Å². The molecule has 2 aromatic carbocycles. The van der Waals surface area contributed by atoms with Crippen LogP contribution in [0.15, 0.2) is 36.4 Å². The minimum Gasteiger partial charge on any atom is -0.507 e. The number of rotatable bonds is 4. The van der Waals surface area contributed by atoms with Gasteiger partial charge in [-0.1, -0.05) is 0 Å². The Morgan fingerprint density at radius 3 is 2.88 bits per heavy atom. The summed E-state index contributed by atoms with van der Waals surface area (Å²) in [5.41, 5.74) is 0.911. The number of hydrogen-bond donors (Lipinski definition) is 3. The maximum Gasteiger partial charge on any atom is 0.165 e. The molecule has 1 fully saturated rings. The summed E-state index contributed by atoms with van der Waals surface area (Å²) in [4.78, 5) is 9.09. The average Bonchev–Trinajstić information content (AvgIpc) is 3.16. The number of ether oxygens (including phenoxy) is 1. The van der Waals surface area contributed by atoms with Gasteiger partial charge >= 0.3 is 0 Å². The number of anilines is 1. The summed E-state index contributed by atoms with van der Waals surface area (Å²) < 4.78 is 19.0. The first-order chi connectivity index (χ1) is 12.6. The van der Waals surface area contributed by atoms with E-state index in [1.54, 1.807) is 13.2 Å². The van der Waals surface area contributed by atoms with Crippen molar-refractivity contribution >= 4 is 16.7 Å². The molecule has 3 aromatic rings. The lowest BCUT2D eigenvalue weighted by Crippen LogP contribution is -2.23. The number of aromatic hydroxyl groups is 1. The van der Waals surface area contributed by atoms with Crippen molar-refractivity contribution in [3.8, 4) is 22.9 Å². The smallest absolute Gasteiger partial charge is 0.165 e. The fourth-order valence-corrected chi connectivity index (χ4v) is 3.13. The minimum absolute atomic E-state index is 0.0675. The highest BCUT2D eigenvalue weighted by Gasteiger charge is 2.18. The summed E-state index contributed by atoms with van der Waals surface area (Å²) in [5.74, 6) is 1.06. The Bertz CT molecular complexity index is 958. The van der Waals surface area contributed by atoms with Gasteiger partial charge in [0, 0.05) is 24.0 Å². The van der Waals surface area contributed by atoms with Crippen LogP contribution >= 0.6 is 0 Å². The van der Waals surface area contributed by atoms with E-state index in [4.69, 9.17) is 4.74 Å². The van der Waals surface area contributed by atoms with Crippen LogP contribution in [0.3, 0.4) is 0 Å². The highest BCUT2D eigenvalue weighted by Crippen LogP contribution is 2.32. The average molecular weight is 354 g/mol. The highest BCUT2D eigenvalue weighted by molar-refractivity contribution is 5.92. The molecule has 4 rings (SSSR count). The summed E-state index contributed by atoms with van der Waals surface area (Å²) in [5, 5.41) is 17.7. The van der Waals surface area contributed by atoms with Crippen molar-refractivity contribution in [2.75, 3.05) is 25.5 Å². The van der Waals surface area contributed by atoms with Gasteiger partial charge in [0.2, 0.25) is 0 Å². The molecular formula is C19H19FN4O2. The molecule has 1 atom stereocenters. The molecule has 1 aliphatic rings. The van der Waals surface area contributed by atoms with Gasteiger partial charge in [0.25, 0.3) is 0 Å². The lowest BCUT2D eigenvalue weighted by atomic mass is 10.1. The highest BCUT2D eigenvalue weighted by atomic mass is 19.1. The van der Waals surface area contributed by atoms with Crippen molar-refractivity contribution in [1.82, 2.24) is 15.3 Å². The zero-order valence-electron chi connectivity index (χ0n) is 14.3. The molecule has 6 nitrogen and oxygen atoms in total. The predicted octanol–water partition coefficient (Wildman–Crippen LogP) is 2.92. The number of fused-ring (bicyclic) bond motifs is 1. The molecule has 7 heteroatoms. The Morgan fingerprint density at radius 1 is 1.23 bits per heavy atom. The minimum atomic E-state index is -0.457. The topological polar surface area (TPSA) is 79.3 Å². The van der Waals surface area contributed by atoms with Gasteiger partial charge in [0.1, 0.15) is 23.1 Å². The van der Waals surface area contributed by atoms with E-state index in [0.29, 0.717) is 17.1 Å². The predicted molar refractivity (Wildman–Crippen MR) is 98.0 cm³/mol. The molecule has 1 aromatic heterocycles. The third-order valence-corrected chi connectivity index (χ3v) is 4.50. The Balaban J connectivity index is 1.88. The van der Waals surface area contributed by atoms with E-state index in [-0.39, 0.29) is 23.2 Å². The number of benzene rings is 2. The fraction of sp³-hybridized carbons (Fsp3) is 0.263. The Hall–Kier alpha value is -2.93. The Kier molecular flexibility index (Phi) is 4.30. The van der Waals surface area contributed by atoms with Gasteiger partial charge in [-0.3, -0.25) is 0 Å². The number of phenolic OH excluding ortho intramolecular Hbond substituents is 1. The molecule has 3 N–H and O–H groups in total. The van der Waals surface area contributed by atoms with E-state index in [9.17, 15) is 9.50 Å². The molecular weight excluding hydrogens is 335 g/mol. The number of phenols is 1. The molecule has 1 aliphatic heterocycles. The summed E-state index contributed by atoms with van der Waals surface area (Å²) in [6.07, 6.45) is 0.988. The number of hydrogen-bond acceptors (Lipinski definition) is 6. The quantitative estimate of drug-likeness (QED) is 0.669. The second kappa shape index (κ2) is 6.76. The van der Waals surface area contributed by atoms with Gasteiger partial charge in [-0.05, 0) is 43.3 Å². The second-order valence-corrected chi connectivity index (χ2v) is 6.27. The van der Waals surface area contributed by atoms with Crippen LogP contribution in [0.5, 0.6) is 11.5 Å². The van der Waals surface area contributed by atoms with Gasteiger partial charge in [-0.15, -0.1) is 0 Å². The first kappa shape index (κ1) is 16.5. The van der Waals surface area contributed by atoms with E-state index in [2.05, 4.69) is 20.6 Å². The monoisotopic (exact) mass is 354 g/mol. The Labute approximate surface area is 150 Å². The number of nitrogens with zero attached hydrogens (tertiary/aromatic N) is 2. The lowest BCUT2D eigenvalue weighted by molar-refractivity contribution is 0.415.